The van der Waals surface area contributed by atoms with Crippen molar-refractivity contribution in [2.45, 2.75) is 135 Å². The summed E-state index contributed by atoms with van der Waals surface area (Å²) in [6.07, 6.45) is 22.5. The molecule has 0 aliphatic carbocycles. The number of aliphatic carboxylic acids is 1. The van der Waals surface area contributed by atoms with E-state index in [9.17, 15) is 9.59 Å². The van der Waals surface area contributed by atoms with Gasteiger partial charge >= 0.3 is 5.97 Å². The largest absolute Gasteiger partial charge is 0.481 e. The quantitative estimate of drug-likeness (QED) is 0.214. The van der Waals surface area contributed by atoms with Crippen LogP contribution < -0.4 is 0 Å². The van der Waals surface area contributed by atoms with Crippen LogP contribution in [0.15, 0.2) is 0 Å². The Balaban J connectivity index is 3.14. The van der Waals surface area contributed by atoms with Crippen LogP contribution in [0.25, 0.3) is 0 Å². The first kappa shape index (κ1) is 25.1. The zero-order valence-corrected chi connectivity index (χ0v) is 17.4. The lowest BCUT2D eigenvalue weighted by Crippen LogP contribution is -1.97. The van der Waals surface area contributed by atoms with Crippen molar-refractivity contribution < 1.29 is 14.7 Å². The Bertz CT molecular complexity index is 325. The molecule has 154 valence electrons. The molecule has 0 aromatic rings. The molecule has 0 unspecified atom stereocenters. The zero-order chi connectivity index (χ0) is 19.3. The summed E-state index contributed by atoms with van der Waals surface area (Å²) in [5.41, 5.74) is 0. The van der Waals surface area contributed by atoms with E-state index in [-0.39, 0.29) is 0 Å². The lowest BCUT2D eigenvalue weighted by atomic mass is 10.0. The molecule has 0 aliphatic heterocycles. The van der Waals surface area contributed by atoms with Gasteiger partial charge in [0.2, 0.25) is 0 Å². The fourth-order valence-corrected chi connectivity index (χ4v) is 3.42. The van der Waals surface area contributed by atoms with Gasteiger partial charge in [0.05, 0.1) is 0 Å². The number of rotatable bonds is 21. The maximum Gasteiger partial charge on any atom is 0.303 e. The Hall–Kier alpha value is -0.860. The summed E-state index contributed by atoms with van der Waals surface area (Å²) >= 11 is 0. The van der Waals surface area contributed by atoms with Gasteiger partial charge in [0.15, 0.2) is 0 Å². The molecule has 0 amide bonds. The average Bonchev–Trinajstić information content (AvgIpc) is 2.61. The molecule has 0 aliphatic rings. The number of carbonyl (C=O) groups is 2. The minimum atomic E-state index is -0.672. The number of carboxylic acid groups (broad SMARTS) is 1. The topological polar surface area (TPSA) is 54.4 Å². The zero-order valence-electron chi connectivity index (χ0n) is 17.4. The van der Waals surface area contributed by atoms with Gasteiger partial charge in [-0.25, -0.2) is 0 Å². The number of hydrogen-bond donors (Lipinski definition) is 1. The highest BCUT2D eigenvalue weighted by Crippen LogP contribution is 2.13. The van der Waals surface area contributed by atoms with E-state index in [1.54, 1.807) is 0 Å². The summed E-state index contributed by atoms with van der Waals surface area (Å²) < 4.78 is 0. The summed E-state index contributed by atoms with van der Waals surface area (Å²) in [4.78, 5) is 22.2. The second-order valence-electron chi connectivity index (χ2n) is 7.84. The van der Waals surface area contributed by atoms with E-state index < -0.39 is 5.97 Å². The highest BCUT2D eigenvalue weighted by atomic mass is 16.4. The maximum absolute atomic E-state index is 11.8. The number of unbranched alkanes of at least 4 members (excludes halogenated alkanes) is 15. The van der Waals surface area contributed by atoms with Crippen LogP contribution in [0, 0.1) is 0 Å². The smallest absolute Gasteiger partial charge is 0.303 e. The van der Waals surface area contributed by atoms with Crippen LogP contribution in [-0.2, 0) is 9.59 Å². The first-order valence-corrected chi connectivity index (χ1v) is 11.4. The molecule has 0 fully saturated rings. The van der Waals surface area contributed by atoms with Crippen LogP contribution in [0.2, 0.25) is 0 Å². The molecular weight excluding hydrogens is 324 g/mol. The molecule has 0 atom stereocenters. The molecule has 0 heterocycles. The monoisotopic (exact) mass is 368 g/mol. The Morgan fingerprint density at radius 2 is 0.808 bits per heavy atom. The summed E-state index contributed by atoms with van der Waals surface area (Å²) in [6, 6.07) is 0. The number of Topliss-reactive ketones (excluding diaryl/α,β-unsaturated/α-hetero) is 1. The molecule has 0 spiro atoms. The molecule has 0 aromatic carbocycles. The van der Waals surface area contributed by atoms with Gasteiger partial charge in [-0.15, -0.1) is 0 Å². The van der Waals surface area contributed by atoms with Gasteiger partial charge in [0, 0.05) is 19.3 Å². The first-order chi connectivity index (χ1) is 12.7. The first-order valence-electron chi connectivity index (χ1n) is 11.4. The Kier molecular flexibility index (Phi) is 19.8. The number of carbonyl (C=O) groups excluding carboxylic acids is 1. The fourth-order valence-electron chi connectivity index (χ4n) is 3.42. The Morgan fingerprint density at radius 1 is 0.500 bits per heavy atom. The third-order valence-corrected chi connectivity index (χ3v) is 5.16. The van der Waals surface area contributed by atoms with Crippen LogP contribution in [0.4, 0.5) is 0 Å². The molecule has 0 bridgehead atoms. The summed E-state index contributed by atoms with van der Waals surface area (Å²) in [5.74, 6) is -0.197. The predicted molar refractivity (Wildman–Crippen MR) is 111 cm³/mol. The second-order valence-corrected chi connectivity index (χ2v) is 7.84. The predicted octanol–water partition coefficient (Wildman–Crippen LogP) is 7.46. The van der Waals surface area contributed by atoms with E-state index >= 15 is 0 Å². The van der Waals surface area contributed by atoms with E-state index in [0.29, 0.717) is 12.2 Å². The van der Waals surface area contributed by atoms with Crippen molar-refractivity contribution in [1.29, 1.82) is 0 Å². The van der Waals surface area contributed by atoms with Crippen LogP contribution in [0.5, 0.6) is 0 Å². The highest BCUT2D eigenvalue weighted by Gasteiger charge is 2.02. The molecule has 26 heavy (non-hydrogen) atoms. The number of hydrogen-bond acceptors (Lipinski definition) is 2. The lowest BCUT2D eigenvalue weighted by Gasteiger charge is -2.03. The summed E-state index contributed by atoms with van der Waals surface area (Å²) in [7, 11) is 0. The van der Waals surface area contributed by atoms with Crippen molar-refractivity contribution >= 4 is 11.8 Å². The van der Waals surface area contributed by atoms with Crippen molar-refractivity contribution in [3.05, 3.63) is 0 Å². The number of carboxylic acids is 1. The van der Waals surface area contributed by atoms with Crippen molar-refractivity contribution in [2.24, 2.45) is 0 Å². The van der Waals surface area contributed by atoms with Gasteiger partial charge in [-0.3, -0.25) is 9.59 Å². The third kappa shape index (κ3) is 21.2. The second kappa shape index (κ2) is 20.5. The molecule has 0 radical (unpaired) electrons. The normalized spacial score (nSPS) is 11.0. The van der Waals surface area contributed by atoms with Gasteiger partial charge in [-0.1, -0.05) is 96.8 Å². The fraction of sp³-hybridized carbons (Fsp3) is 0.913. The van der Waals surface area contributed by atoms with E-state index in [0.717, 1.165) is 38.5 Å². The van der Waals surface area contributed by atoms with E-state index in [1.165, 1.54) is 83.5 Å². The van der Waals surface area contributed by atoms with E-state index in [1.807, 2.05) is 0 Å². The number of ketones is 1. The van der Waals surface area contributed by atoms with E-state index in [4.69, 9.17) is 5.11 Å². The molecule has 0 saturated carbocycles. The molecule has 3 nitrogen and oxygen atoms in total. The van der Waals surface area contributed by atoms with Crippen molar-refractivity contribution in [3.8, 4) is 0 Å². The third-order valence-electron chi connectivity index (χ3n) is 5.16. The average molecular weight is 369 g/mol. The molecule has 3 heteroatoms. The van der Waals surface area contributed by atoms with Crippen molar-refractivity contribution in [2.75, 3.05) is 0 Å². The minimum Gasteiger partial charge on any atom is -0.481 e. The van der Waals surface area contributed by atoms with Gasteiger partial charge in [0.25, 0.3) is 0 Å². The van der Waals surface area contributed by atoms with Gasteiger partial charge in [-0.05, 0) is 19.3 Å². The molecule has 1 N–H and O–H groups in total. The SMILES string of the molecule is CCCCCCCCC(=O)CCCCCCCCCCCCCC(=O)O. The van der Waals surface area contributed by atoms with Crippen LogP contribution in [0.3, 0.4) is 0 Å². The van der Waals surface area contributed by atoms with Gasteiger partial charge in [0.1, 0.15) is 5.78 Å². The standard InChI is InChI=1S/C23H44O3/c1-2-3-4-5-13-16-19-22(24)20-17-14-11-9-7-6-8-10-12-15-18-21-23(25)26/h2-21H2,1H3,(H,25,26). The summed E-state index contributed by atoms with van der Waals surface area (Å²) in [6.45, 7) is 2.23. The molecule has 0 saturated heterocycles. The summed E-state index contributed by atoms with van der Waals surface area (Å²) in [5, 5.41) is 8.56. The Morgan fingerprint density at radius 3 is 1.15 bits per heavy atom. The van der Waals surface area contributed by atoms with Crippen LogP contribution in [-0.4, -0.2) is 16.9 Å². The molecule has 0 aromatic heterocycles. The van der Waals surface area contributed by atoms with Gasteiger partial charge < -0.3 is 5.11 Å². The lowest BCUT2D eigenvalue weighted by molar-refractivity contribution is -0.137. The van der Waals surface area contributed by atoms with Crippen LogP contribution >= 0.6 is 0 Å². The van der Waals surface area contributed by atoms with Crippen molar-refractivity contribution in [3.63, 3.8) is 0 Å². The highest BCUT2D eigenvalue weighted by molar-refractivity contribution is 5.78. The Labute approximate surface area is 162 Å². The van der Waals surface area contributed by atoms with Crippen molar-refractivity contribution in [1.82, 2.24) is 0 Å². The van der Waals surface area contributed by atoms with E-state index in [2.05, 4.69) is 6.92 Å². The minimum absolute atomic E-state index is 0.321. The molecular formula is C23H44O3. The maximum atomic E-state index is 11.8. The van der Waals surface area contributed by atoms with Gasteiger partial charge in [-0.2, -0.15) is 0 Å². The van der Waals surface area contributed by atoms with Crippen LogP contribution in [0.1, 0.15) is 135 Å². The molecule has 0 rings (SSSR count).